The number of rotatable bonds is 3. The standard InChI is InChI=1S/C13H18N4O/c1-8-5-9(2)12(6-11(8)14)18-7-13-16-15-10(3)17(13)4/h5-6H,7,14H2,1-4H3. The first kappa shape index (κ1) is 12.4. The van der Waals surface area contributed by atoms with Crippen molar-refractivity contribution in [3.05, 3.63) is 34.9 Å². The molecule has 5 nitrogen and oxygen atoms in total. The summed E-state index contributed by atoms with van der Waals surface area (Å²) in [6.45, 7) is 6.29. The second kappa shape index (κ2) is 4.68. The molecular weight excluding hydrogens is 228 g/mol. The van der Waals surface area contributed by atoms with Gasteiger partial charge in [0.15, 0.2) is 5.82 Å². The zero-order valence-electron chi connectivity index (χ0n) is 11.2. The molecule has 0 spiro atoms. The minimum atomic E-state index is 0.390. The maximum atomic E-state index is 5.88. The summed E-state index contributed by atoms with van der Waals surface area (Å²) in [4.78, 5) is 0. The van der Waals surface area contributed by atoms with E-state index in [4.69, 9.17) is 10.5 Å². The second-order valence-electron chi connectivity index (χ2n) is 4.49. The zero-order chi connectivity index (χ0) is 13.3. The predicted octanol–water partition coefficient (Wildman–Crippen LogP) is 1.90. The summed E-state index contributed by atoms with van der Waals surface area (Å²) in [5.74, 6) is 2.46. The van der Waals surface area contributed by atoms with Crippen LogP contribution in [0.15, 0.2) is 12.1 Å². The lowest BCUT2D eigenvalue weighted by Crippen LogP contribution is -2.05. The van der Waals surface area contributed by atoms with Gasteiger partial charge in [-0.2, -0.15) is 0 Å². The van der Waals surface area contributed by atoms with Crippen LogP contribution in [0, 0.1) is 20.8 Å². The number of aromatic nitrogens is 3. The molecule has 1 aromatic heterocycles. The van der Waals surface area contributed by atoms with Crippen molar-refractivity contribution in [1.82, 2.24) is 14.8 Å². The van der Waals surface area contributed by atoms with E-state index in [0.29, 0.717) is 6.61 Å². The fourth-order valence-corrected chi connectivity index (χ4v) is 1.72. The van der Waals surface area contributed by atoms with Gasteiger partial charge >= 0.3 is 0 Å². The Hall–Kier alpha value is -2.04. The first-order valence-electron chi connectivity index (χ1n) is 5.83. The van der Waals surface area contributed by atoms with Gasteiger partial charge in [-0.1, -0.05) is 6.07 Å². The van der Waals surface area contributed by atoms with Crippen LogP contribution in [0.1, 0.15) is 22.8 Å². The highest BCUT2D eigenvalue weighted by atomic mass is 16.5. The molecule has 0 saturated heterocycles. The van der Waals surface area contributed by atoms with Crippen LogP contribution in [-0.4, -0.2) is 14.8 Å². The monoisotopic (exact) mass is 246 g/mol. The largest absolute Gasteiger partial charge is 0.485 e. The highest BCUT2D eigenvalue weighted by Crippen LogP contribution is 2.25. The molecule has 5 heteroatoms. The number of nitrogen functional groups attached to an aromatic ring is 1. The lowest BCUT2D eigenvalue weighted by atomic mass is 10.1. The molecule has 2 rings (SSSR count). The van der Waals surface area contributed by atoms with Crippen LogP contribution in [0.2, 0.25) is 0 Å². The number of anilines is 1. The van der Waals surface area contributed by atoms with Crippen LogP contribution in [0.25, 0.3) is 0 Å². The topological polar surface area (TPSA) is 66.0 Å². The molecule has 1 aromatic carbocycles. The van der Waals surface area contributed by atoms with Gasteiger partial charge in [0.05, 0.1) is 0 Å². The third-order valence-electron chi connectivity index (χ3n) is 3.10. The fourth-order valence-electron chi connectivity index (χ4n) is 1.72. The lowest BCUT2D eigenvalue weighted by molar-refractivity contribution is 0.289. The smallest absolute Gasteiger partial charge is 0.170 e. The average molecular weight is 246 g/mol. The summed E-state index contributed by atoms with van der Waals surface area (Å²) in [6, 6.07) is 3.88. The minimum absolute atomic E-state index is 0.390. The highest BCUT2D eigenvalue weighted by Gasteiger charge is 2.08. The summed E-state index contributed by atoms with van der Waals surface area (Å²) in [5.41, 5.74) is 8.75. The molecule has 0 atom stereocenters. The van der Waals surface area contributed by atoms with E-state index in [2.05, 4.69) is 10.2 Å². The van der Waals surface area contributed by atoms with Crippen molar-refractivity contribution < 1.29 is 4.74 Å². The SMILES string of the molecule is Cc1cc(C)c(OCc2nnc(C)n2C)cc1N. The third-order valence-corrected chi connectivity index (χ3v) is 3.10. The van der Waals surface area contributed by atoms with Crippen molar-refractivity contribution in [2.24, 2.45) is 7.05 Å². The van der Waals surface area contributed by atoms with Gasteiger partial charge in [0.25, 0.3) is 0 Å². The van der Waals surface area contributed by atoms with Crippen molar-refractivity contribution in [2.75, 3.05) is 5.73 Å². The Labute approximate surface area is 107 Å². The normalized spacial score (nSPS) is 10.7. The lowest BCUT2D eigenvalue weighted by Gasteiger charge is -2.11. The Morgan fingerprint density at radius 2 is 1.89 bits per heavy atom. The number of hydrogen-bond acceptors (Lipinski definition) is 4. The molecule has 18 heavy (non-hydrogen) atoms. The molecule has 0 aliphatic heterocycles. The van der Waals surface area contributed by atoms with Gasteiger partial charge in [-0.25, -0.2) is 0 Å². The van der Waals surface area contributed by atoms with E-state index in [0.717, 1.165) is 34.2 Å². The van der Waals surface area contributed by atoms with Crippen molar-refractivity contribution in [3.8, 4) is 5.75 Å². The number of hydrogen-bond donors (Lipinski definition) is 1. The molecule has 0 radical (unpaired) electrons. The quantitative estimate of drug-likeness (QED) is 0.840. The number of ether oxygens (including phenoxy) is 1. The molecule has 0 aliphatic carbocycles. The van der Waals surface area contributed by atoms with E-state index < -0.39 is 0 Å². The van der Waals surface area contributed by atoms with Gasteiger partial charge < -0.3 is 15.0 Å². The average Bonchev–Trinajstić information content (AvgIpc) is 2.63. The van der Waals surface area contributed by atoms with E-state index in [1.165, 1.54) is 0 Å². The maximum Gasteiger partial charge on any atom is 0.170 e. The maximum absolute atomic E-state index is 5.88. The Bertz CT molecular complexity index is 575. The number of nitrogens with zero attached hydrogens (tertiary/aromatic N) is 3. The first-order valence-corrected chi connectivity index (χ1v) is 5.83. The summed E-state index contributed by atoms with van der Waals surface area (Å²) < 4.78 is 7.66. The van der Waals surface area contributed by atoms with Crippen LogP contribution >= 0.6 is 0 Å². The van der Waals surface area contributed by atoms with Crippen molar-refractivity contribution in [1.29, 1.82) is 0 Å². The molecule has 0 unspecified atom stereocenters. The predicted molar refractivity (Wildman–Crippen MR) is 70.4 cm³/mol. The summed E-state index contributed by atoms with van der Waals surface area (Å²) in [7, 11) is 1.92. The van der Waals surface area contributed by atoms with Crippen LogP contribution in [0.3, 0.4) is 0 Å². The van der Waals surface area contributed by atoms with Gasteiger partial charge in [-0.15, -0.1) is 10.2 Å². The molecule has 96 valence electrons. The van der Waals surface area contributed by atoms with E-state index in [9.17, 15) is 0 Å². The van der Waals surface area contributed by atoms with Crippen LogP contribution < -0.4 is 10.5 Å². The van der Waals surface area contributed by atoms with E-state index >= 15 is 0 Å². The number of aryl methyl sites for hydroxylation is 3. The van der Waals surface area contributed by atoms with Crippen LogP contribution in [-0.2, 0) is 13.7 Å². The zero-order valence-corrected chi connectivity index (χ0v) is 11.2. The molecule has 0 saturated carbocycles. The number of nitrogens with two attached hydrogens (primary N) is 1. The Balaban J connectivity index is 2.16. The van der Waals surface area contributed by atoms with Gasteiger partial charge in [0, 0.05) is 18.8 Å². The Morgan fingerprint density at radius 1 is 1.17 bits per heavy atom. The molecule has 0 fully saturated rings. The van der Waals surface area contributed by atoms with Gasteiger partial charge in [0.1, 0.15) is 18.2 Å². The first-order chi connectivity index (χ1) is 8.49. The Morgan fingerprint density at radius 3 is 2.50 bits per heavy atom. The van der Waals surface area contributed by atoms with Gasteiger partial charge in [0.2, 0.25) is 0 Å². The fraction of sp³-hybridized carbons (Fsp3) is 0.385. The third kappa shape index (κ3) is 2.30. The minimum Gasteiger partial charge on any atom is -0.485 e. The van der Waals surface area contributed by atoms with Crippen LogP contribution in [0.4, 0.5) is 5.69 Å². The summed E-state index contributed by atoms with van der Waals surface area (Å²) in [5, 5.41) is 8.05. The molecule has 0 aliphatic rings. The highest BCUT2D eigenvalue weighted by molar-refractivity contribution is 5.54. The van der Waals surface area contributed by atoms with Gasteiger partial charge in [-0.05, 0) is 31.9 Å². The van der Waals surface area contributed by atoms with E-state index in [1.54, 1.807) is 0 Å². The van der Waals surface area contributed by atoms with Crippen LogP contribution in [0.5, 0.6) is 5.75 Å². The van der Waals surface area contributed by atoms with Gasteiger partial charge in [-0.3, -0.25) is 0 Å². The Kier molecular flexibility index (Phi) is 3.23. The van der Waals surface area contributed by atoms with E-state index in [-0.39, 0.29) is 0 Å². The van der Waals surface area contributed by atoms with E-state index in [1.807, 2.05) is 44.5 Å². The van der Waals surface area contributed by atoms with Crippen molar-refractivity contribution >= 4 is 5.69 Å². The molecule has 2 N–H and O–H groups in total. The molecule has 2 aromatic rings. The molecule has 1 heterocycles. The summed E-state index contributed by atoms with van der Waals surface area (Å²) >= 11 is 0. The molecular formula is C13H18N4O. The number of benzene rings is 1. The van der Waals surface area contributed by atoms with Crippen molar-refractivity contribution in [2.45, 2.75) is 27.4 Å². The van der Waals surface area contributed by atoms with Crippen molar-refractivity contribution in [3.63, 3.8) is 0 Å². The molecule has 0 bridgehead atoms. The summed E-state index contributed by atoms with van der Waals surface area (Å²) in [6.07, 6.45) is 0. The second-order valence-corrected chi connectivity index (χ2v) is 4.49. The molecule has 0 amide bonds.